The van der Waals surface area contributed by atoms with Gasteiger partial charge in [0.2, 0.25) is 0 Å². The summed E-state index contributed by atoms with van der Waals surface area (Å²) in [5.41, 5.74) is 6.55. The predicted octanol–water partition coefficient (Wildman–Crippen LogP) is 7.00. The molecule has 38 heavy (non-hydrogen) atoms. The second-order valence-corrected chi connectivity index (χ2v) is 9.41. The standard InChI is InChI=1S/C32H34N4O2/c1-6-38-26-17-18-28(29(19-26)37-5)36-22(3)30-21(2)34-35-32(31(30)23(36)4)33-20-27(24-13-9-7-10-14-24)25-15-11-8-12-16-25/h7-19,27H,6,20H2,1-5H3,(H,33,35). The van der Waals surface area contributed by atoms with Gasteiger partial charge in [-0.15, -0.1) is 5.10 Å². The normalized spacial score (nSPS) is 11.2. The molecular weight excluding hydrogens is 472 g/mol. The van der Waals surface area contributed by atoms with Crippen LogP contribution in [0.15, 0.2) is 78.9 Å². The molecule has 0 radical (unpaired) electrons. The van der Waals surface area contributed by atoms with Gasteiger partial charge in [-0.25, -0.2) is 0 Å². The number of aryl methyl sites for hydroxylation is 3. The van der Waals surface area contributed by atoms with E-state index in [1.165, 1.54) is 11.1 Å². The van der Waals surface area contributed by atoms with E-state index >= 15 is 0 Å². The second-order valence-electron chi connectivity index (χ2n) is 9.41. The predicted molar refractivity (Wildman–Crippen MR) is 154 cm³/mol. The van der Waals surface area contributed by atoms with Gasteiger partial charge < -0.3 is 19.4 Å². The number of methoxy groups -OCH3 is 1. The molecule has 0 spiro atoms. The van der Waals surface area contributed by atoms with Crippen molar-refractivity contribution >= 4 is 16.6 Å². The molecule has 0 saturated heterocycles. The van der Waals surface area contributed by atoms with Crippen molar-refractivity contribution in [3.05, 3.63) is 107 Å². The lowest BCUT2D eigenvalue weighted by Crippen LogP contribution is -2.15. The van der Waals surface area contributed by atoms with Gasteiger partial charge in [-0.1, -0.05) is 60.7 Å². The minimum atomic E-state index is 0.172. The summed E-state index contributed by atoms with van der Waals surface area (Å²) in [5.74, 6) is 2.50. The van der Waals surface area contributed by atoms with E-state index in [2.05, 4.69) is 94.6 Å². The summed E-state index contributed by atoms with van der Waals surface area (Å²) in [4.78, 5) is 0. The molecular formula is C32H34N4O2. The SMILES string of the molecule is CCOc1ccc(-n2c(C)c3c(C)nnc(NCC(c4ccccc4)c4ccccc4)c3c2C)c(OC)c1. The van der Waals surface area contributed by atoms with Crippen LogP contribution in [0.3, 0.4) is 0 Å². The Morgan fingerprint density at radius 2 is 1.45 bits per heavy atom. The van der Waals surface area contributed by atoms with Gasteiger partial charge in [0.05, 0.1) is 25.1 Å². The summed E-state index contributed by atoms with van der Waals surface area (Å²) < 4.78 is 13.7. The van der Waals surface area contributed by atoms with Crippen molar-refractivity contribution in [1.29, 1.82) is 0 Å². The second kappa shape index (κ2) is 11.0. The topological polar surface area (TPSA) is 61.2 Å². The van der Waals surface area contributed by atoms with E-state index in [0.29, 0.717) is 13.2 Å². The molecule has 0 aliphatic rings. The van der Waals surface area contributed by atoms with E-state index in [1.807, 2.05) is 32.0 Å². The minimum absolute atomic E-state index is 0.172. The lowest BCUT2D eigenvalue weighted by molar-refractivity contribution is 0.336. The third-order valence-corrected chi connectivity index (χ3v) is 7.12. The van der Waals surface area contributed by atoms with E-state index < -0.39 is 0 Å². The van der Waals surface area contributed by atoms with Crippen molar-refractivity contribution in [2.75, 3.05) is 25.6 Å². The summed E-state index contributed by atoms with van der Waals surface area (Å²) >= 11 is 0. The van der Waals surface area contributed by atoms with Crippen molar-refractivity contribution < 1.29 is 9.47 Å². The van der Waals surface area contributed by atoms with Gasteiger partial charge in [0.1, 0.15) is 11.5 Å². The molecule has 0 amide bonds. The zero-order valence-corrected chi connectivity index (χ0v) is 22.7. The van der Waals surface area contributed by atoms with Crippen molar-refractivity contribution in [2.24, 2.45) is 0 Å². The average molecular weight is 507 g/mol. The molecule has 0 unspecified atom stereocenters. The smallest absolute Gasteiger partial charge is 0.158 e. The number of fused-ring (bicyclic) bond motifs is 1. The fraction of sp³-hybridized carbons (Fsp3) is 0.250. The zero-order valence-electron chi connectivity index (χ0n) is 22.7. The van der Waals surface area contributed by atoms with Gasteiger partial charge in [-0.2, -0.15) is 5.10 Å². The highest BCUT2D eigenvalue weighted by atomic mass is 16.5. The average Bonchev–Trinajstić information content (AvgIpc) is 3.22. The molecule has 6 nitrogen and oxygen atoms in total. The molecule has 2 aromatic heterocycles. The van der Waals surface area contributed by atoms with Crippen LogP contribution < -0.4 is 14.8 Å². The first-order valence-electron chi connectivity index (χ1n) is 13.0. The van der Waals surface area contributed by atoms with Gasteiger partial charge >= 0.3 is 0 Å². The first kappa shape index (κ1) is 25.3. The molecule has 6 heteroatoms. The molecule has 0 aliphatic heterocycles. The van der Waals surface area contributed by atoms with E-state index in [-0.39, 0.29) is 5.92 Å². The summed E-state index contributed by atoms with van der Waals surface area (Å²) in [6.07, 6.45) is 0. The third kappa shape index (κ3) is 4.70. The number of benzene rings is 3. The first-order valence-corrected chi connectivity index (χ1v) is 13.0. The Balaban J connectivity index is 1.58. The quantitative estimate of drug-likeness (QED) is 0.233. The van der Waals surface area contributed by atoms with Crippen LogP contribution in [0.5, 0.6) is 11.5 Å². The zero-order chi connectivity index (χ0) is 26.6. The Hall–Kier alpha value is -4.32. The number of aromatic nitrogens is 3. The monoisotopic (exact) mass is 506 g/mol. The number of hydrogen-bond acceptors (Lipinski definition) is 5. The lowest BCUT2D eigenvalue weighted by atomic mass is 9.91. The molecule has 0 fully saturated rings. The van der Waals surface area contributed by atoms with Crippen molar-refractivity contribution in [2.45, 2.75) is 33.6 Å². The minimum Gasteiger partial charge on any atom is -0.494 e. The van der Waals surface area contributed by atoms with Crippen LogP contribution in [-0.4, -0.2) is 35.0 Å². The van der Waals surface area contributed by atoms with Gasteiger partial charge in [-0.3, -0.25) is 0 Å². The Morgan fingerprint density at radius 3 is 2.05 bits per heavy atom. The van der Waals surface area contributed by atoms with E-state index in [9.17, 15) is 0 Å². The van der Waals surface area contributed by atoms with Crippen LogP contribution in [0.2, 0.25) is 0 Å². The molecule has 0 atom stereocenters. The molecule has 0 saturated carbocycles. The molecule has 1 N–H and O–H groups in total. The van der Waals surface area contributed by atoms with Gasteiger partial charge in [0.15, 0.2) is 5.82 Å². The fourth-order valence-electron chi connectivity index (χ4n) is 5.38. The molecule has 5 rings (SSSR count). The van der Waals surface area contributed by atoms with Crippen molar-refractivity contribution in [1.82, 2.24) is 14.8 Å². The van der Waals surface area contributed by atoms with Gasteiger partial charge in [-0.05, 0) is 51.0 Å². The maximum Gasteiger partial charge on any atom is 0.158 e. The molecule has 0 bridgehead atoms. The lowest BCUT2D eigenvalue weighted by Gasteiger charge is -2.19. The number of nitrogens with zero attached hydrogens (tertiary/aromatic N) is 3. The summed E-state index contributed by atoms with van der Waals surface area (Å²) in [7, 11) is 1.69. The summed E-state index contributed by atoms with van der Waals surface area (Å²) in [6, 6.07) is 27.2. The van der Waals surface area contributed by atoms with Crippen LogP contribution in [-0.2, 0) is 0 Å². The van der Waals surface area contributed by atoms with Crippen LogP contribution >= 0.6 is 0 Å². The van der Waals surface area contributed by atoms with E-state index in [4.69, 9.17) is 9.47 Å². The number of rotatable bonds is 9. The summed E-state index contributed by atoms with van der Waals surface area (Å²) in [6.45, 7) is 9.54. The maximum absolute atomic E-state index is 5.78. The fourth-order valence-corrected chi connectivity index (χ4v) is 5.38. The molecule has 5 aromatic rings. The van der Waals surface area contributed by atoms with Gasteiger partial charge in [0.25, 0.3) is 0 Å². The van der Waals surface area contributed by atoms with Crippen molar-refractivity contribution in [3.8, 4) is 17.2 Å². The molecule has 3 aromatic carbocycles. The highest BCUT2D eigenvalue weighted by Crippen LogP contribution is 2.38. The van der Waals surface area contributed by atoms with Crippen molar-refractivity contribution in [3.63, 3.8) is 0 Å². The van der Waals surface area contributed by atoms with Crippen LogP contribution in [0.4, 0.5) is 5.82 Å². The summed E-state index contributed by atoms with van der Waals surface area (Å²) in [5, 5.41) is 15.0. The van der Waals surface area contributed by atoms with Gasteiger partial charge in [0, 0.05) is 40.7 Å². The number of ether oxygens (including phenoxy) is 2. The Labute approximate surface area is 224 Å². The van der Waals surface area contributed by atoms with E-state index in [0.717, 1.165) is 50.9 Å². The highest BCUT2D eigenvalue weighted by molar-refractivity contribution is 5.98. The highest BCUT2D eigenvalue weighted by Gasteiger charge is 2.22. The van der Waals surface area contributed by atoms with Crippen LogP contribution in [0.25, 0.3) is 16.5 Å². The number of anilines is 1. The Bertz CT molecular complexity index is 1510. The maximum atomic E-state index is 5.78. The number of hydrogen-bond donors (Lipinski definition) is 1. The van der Waals surface area contributed by atoms with E-state index in [1.54, 1.807) is 7.11 Å². The number of nitrogens with one attached hydrogen (secondary N) is 1. The first-order chi connectivity index (χ1) is 18.5. The Kier molecular flexibility index (Phi) is 7.31. The largest absolute Gasteiger partial charge is 0.494 e. The van der Waals surface area contributed by atoms with Crippen LogP contribution in [0, 0.1) is 20.8 Å². The third-order valence-electron chi connectivity index (χ3n) is 7.12. The van der Waals surface area contributed by atoms with Crippen LogP contribution in [0.1, 0.15) is 41.1 Å². The Morgan fingerprint density at radius 1 is 0.816 bits per heavy atom. The molecule has 2 heterocycles. The molecule has 0 aliphatic carbocycles. The molecule has 194 valence electrons.